The summed E-state index contributed by atoms with van der Waals surface area (Å²) in [6.45, 7) is 6.93. The maximum Gasteiger partial charge on any atom is 0.295 e. The molecule has 5 nitrogen and oxygen atoms in total. The Morgan fingerprint density at radius 2 is 1.69 bits per heavy atom. The second-order valence-corrected chi connectivity index (χ2v) is 9.32. The topological polar surface area (TPSA) is 66.8 Å². The van der Waals surface area contributed by atoms with Crippen molar-refractivity contribution in [3.05, 3.63) is 106 Å². The molecule has 36 heavy (non-hydrogen) atoms. The Bertz CT molecular complexity index is 1260. The van der Waals surface area contributed by atoms with E-state index in [1.165, 1.54) is 0 Å². The molecule has 1 fully saturated rings. The first-order valence-corrected chi connectivity index (χ1v) is 12.5. The van der Waals surface area contributed by atoms with Crippen LogP contribution in [0.15, 0.2) is 78.4 Å². The smallest absolute Gasteiger partial charge is 0.295 e. The molecule has 1 N–H and O–H groups in total. The minimum absolute atomic E-state index is 0.126. The van der Waals surface area contributed by atoms with Crippen LogP contribution >= 0.6 is 0 Å². The molecule has 0 aromatic heterocycles. The summed E-state index contributed by atoms with van der Waals surface area (Å²) in [7, 11) is 0. The standard InChI is InChI=1S/C31H33NO4/c1-4-5-19-36-25-15-13-24(14-16-25)28-27(29(33)26-20-21(2)11-12-22(26)3)30(34)31(35)32(28)18-17-23-9-7-6-8-10-23/h6-16,20,28,33H,4-5,17-19H2,1-3H3. The summed E-state index contributed by atoms with van der Waals surface area (Å²) in [6.07, 6.45) is 2.62. The summed E-state index contributed by atoms with van der Waals surface area (Å²) < 4.78 is 5.80. The number of aryl methyl sites for hydroxylation is 2. The maximum atomic E-state index is 13.3. The molecule has 0 bridgehead atoms. The summed E-state index contributed by atoms with van der Waals surface area (Å²) in [6, 6.07) is 22.4. The fraction of sp³-hybridized carbons (Fsp3) is 0.290. The van der Waals surface area contributed by atoms with Gasteiger partial charge in [-0.25, -0.2) is 0 Å². The van der Waals surface area contributed by atoms with Crippen molar-refractivity contribution >= 4 is 17.4 Å². The SMILES string of the molecule is CCCCOc1ccc(C2C(=C(O)c3cc(C)ccc3C)C(=O)C(=O)N2CCc2ccccc2)cc1. The molecule has 1 heterocycles. The van der Waals surface area contributed by atoms with Crippen LogP contribution in [0.1, 0.15) is 53.6 Å². The number of aliphatic hydroxyl groups excluding tert-OH is 1. The Labute approximate surface area is 213 Å². The van der Waals surface area contributed by atoms with Gasteiger partial charge >= 0.3 is 0 Å². The van der Waals surface area contributed by atoms with Crippen LogP contribution in [0.4, 0.5) is 0 Å². The van der Waals surface area contributed by atoms with Gasteiger partial charge in [-0.15, -0.1) is 0 Å². The highest BCUT2D eigenvalue weighted by Gasteiger charge is 2.46. The van der Waals surface area contributed by atoms with Gasteiger partial charge in [0.05, 0.1) is 18.2 Å². The number of ether oxygens (including phenoxy) is 1. The Hall–Kier alpha value is -3.86. The molecule has 1 aliphatic rings. The lowest BCUT2D eigenvalue weighted by molar-refractivity contribution is -0.139. The van der Waals surface area contributed by atoms with Crippen molar-refractivity contribution in [3.8, 4) is 5.75 Å². The van der Waals surface area contributed by atoms with E-state index in [1.807, 2.05) is 86.6 Å². The summed E-state index contributed by atoms with van der Waals surface area (Å²) in [5.74, 6) is -0.645. The number of nitrogens with zero attached hydrogens (tertiary/aromatic N) is 1. The molecule has 1 amide bonds. The first-order chi connectivity index (χ1) is 17.4. The number of aliphatic hydroxyl groups is 1. The van der Waals surface area contributed by atoms with Gasteiger partial charge in [0.1, 0.15) is 11.5 Å². The number of rotatable bonds is 9. The number of Topliss-reactive ketones (excluding diaryl/α,β-unsaturated/α-hetero) is 1. The number of likely N-dealkylation sites (tertiary alicyclic amines) is 1. The van der Waals surface area contributed by atoms with Crippen LogP contribution in [0.5, 0.6) is 5.75 Å². The van der Waals surface area contributed by atoms with Gasteiger partial charge in [-0.05, 0) is 61.6 Å². The van der Waals surface area contributed by atoms with Gasteiger partial charge in [-0.2, -0.15) is 0 Å². The second kappa shape index (κ2) is 11.3. The molecule has 3 aromatic rings. The number of hydrogen-bond acceptors (Lipinski definition) is 4. The molecule has 4 rings (SSSR count). The van der Waals surface area contributed by atoms with Crippen LogP contribution in [0.2, 0.25) is 0 Å². The van der Waals surface area contributed by atoms with E-state index in [0.29, 0.717) is 25.1 Å². The molecule has 5 heteroatoms. The predicted octanol–water partition coefficient (Wildman–Crippen LogP) is 6.15. The van der Waals surface area contributed by atoms with Gasteiger partial charge in [0.2, 0.25) is 0 Å². The van der Waals surface area contributed by atoms with Crippen LogP contribution in [0.25, 0.3) is 5.76 Å². The second-order valence-electron chi connectivity index (χ2n) is 9.32. The molecule has 0 radical (unpaired) electrons. The van der Waals surface area contributed by atoms with Gasteiger partial charge in [0.15, 0.2) is 0 Å². The van der Waals surface area contributed by atoms with Crippen molar-refractivity contribution in [1.29, 1.82) is 0 Å². The lowest BCUT2D eigenvalue weighted by Gasteiger charge is -2.26. The van der Waals surface area contributed by atoms with Gasteiger partial charge in [-0.1, -0.05) is 73.5 Å². The normalized spacial score (nSPS) is 17.0. The first kappa shape index (κ1) is 25.2. The van der Waals surface area contributed by atoms with Crippen molar-refractivity contribution in [3.63, 3.8) is 0 Å². The number of amides is 1. The van der Waals surface area contributed by atoms with Crippen molar-refractivity contribution in [1.82, 2.24) is 4.90 Å². The summed E-state index contributed by atoms with van der Waals surface area (Å²) in [5.41, 5.74) is 4.34. The quantitative estimate of drug-likeness (QED) is 0.172. The number of carbonyl (C=O) groups is 2. The van der Waals surface area contributed by atoms with Crippen molar-refractivity contribution in [2.45, 2.75) is 46.1 Å². The highest BCUT2D eigenvalue weighted by atomic mass is 16.5. The summed E-state index contributed by atoms with van der Waals surface area (Å²) in [4.78, 5) is 28.2. The van der Waals surface area contributed by atoms with E-state index in [2.05, 4.69) is 6.92 Å². The van der Waals surface area contributed by atoms with E-state index in [0.717, 1.165) is 40.8 Å². The van der Waals surface area contributed by atoms with Crippen LogP contribution in [-0.4, -0.2) is 34.8 Å². The zero-order valence-electron chi connectivity index (χ0n) is 21.2. The summed E-state index contributed by atoms with van der Waals surface area (Å²) in [5, 5.41) is 11.4. The molecular weight excluding hydrogens is 450 g/mol. The lowest BCUT2D eigenvalue weighted by Crippen LogP contribution is -2.31. The Balaban J connectivity index is 1.75. The largest absolute Gasteiger partial charge is 0.507 e. The molecular formula is C31H33NO4. The van der Waals surface area contributed by atoms with Crippen LogP contribution in [-0.2, 0) is 16.0 Å². The van der Waals surface area contributed by atoms with Crippen molar-refractivity contribution in [2.24, 2.45) is 0 Å². The average Bonchev–Trinajstić information content (AvgIpc) is 3.14. The number of carbonyl (C=O) groups excluding carboxylic acids is 2. The van der Waals surface area contributed by atoms with Gasteiger partial charge < -0.3 is 14.7 Å². The Kier molecular flexibility index (Phi) is 7.89. The van der Waals surface area contributed by atoms with Gasteiger partial charge in [0, 0.05) is 12.1 Å². The first-order valence-electron chi connectivity index (χ1n) is 12.5. The average molecular weight is 484 g/mol. The molecule has 3 aromatic carbocycles. The van der Waals surface area contributed by atoms with Crippen molar-refractivity contribution in [2.75, 3.05) is 13.2 Å². The number of ketones is 1. The third-order valence-corrected chi connectivity index (χ3v) is 6.63. The zero-order valence-corrected chi connectivity index (χ0v) is 21.2. The van der Waals surface area contributed by atoms with Crippen LogP contribution < -0.4 is 4.74 Å². The predicted molar refractivity (Wildman–Crippen MR) is 142 cm³/mol. The maximum absolute atomic E-state index is 13.3. The van der Waals surface area contributed by atoms with Crippen LogP contribution in [0.3, 0.4) is 0 Å². The number of unbranched alkanes of at least 4 members (excludes halogenated alkanes) is 1. The lowest BCUT2D eigenvalue weighted by atomic mass is 9.93. The van der Waals surface area contributed by atoms with Gasteiger partial charge in [-0.3, -0.25) is 9.59 Å². The van der Waals surface area contributed by atoms with E-state index in [9.17, 15) is 14.7 Å². The number of hydrogen-bond donors (Lipinski definition) is 1. The molecule has 0 aliphatic carbocycles. The molecule has 1 unspecified atom stereocenters. The number of benzene rings is 3. The third kappa shape index (κ3) is 5.35. The van der Waals surface area contributed by atoms with E-state index < -0.39 is 17.7 Å². The monoisotopic (exact) mass is 483 g/mol. The molecule has 0 saturated carbocycles. The summed E-state index contributed by atoms with van der Waals surface area (Å²) >= 11 is 0. The molecule has 186 valence electrons. The van der Waals surface area contributed by atoms with E-state index in [4.69, 9.17) is 4.74 Å². The van der Waals surface area contributed by atoms with E-state index >= 15 is 0 Å². The highest BCUT2D eigenvalue weighted by molar-refractivity contribution is 6.46. The van der Waals surface area contributed by atoms with Crippen LogP contribution in [0, 0.1) is 13.8 Å². The molecule has 1 aliphatic heterocycles. The highest BCUT2D eigenvalue weighted by Crippen LogP contribution is 2.40. The molecule has 1 saturated heterocycles. The molecule has 0 spiro atoms. The Morgan fingerprint density at radius 3 is 2.39 bits per heavy atom. The third-order valence-electron chi connectivity index (χ3n) is 6.63. The minimum Gasteiger partial charge on any atom is -0.507 e. The van der Waals surface area contributed by atoms with Gasteiger partial charge in [0.25, 0.3) is 11.7 Å². The molecule has 1 atom stereocenters. The fourth-order valence-corrected chi connectivity index (χ4v) is 4.57. The zero-order chi connectivity index (χ0) is 25.7. The van der Waals surface area contributed by atoms with Crippen molar-refractivity contribution < 1.29 is 19.4 Å². The minimum atomic E-state index is -0.682. The van der Waals surface area contributed by atoms with E-state index in [-0.39, 0.29) is 11.3 Å². The fourth-order valence-electron chi connectivity index (χ4n) is 4.57. The Morgan fingerprint density at radius 1 is 0.972 bits per heavy atom. The van der Waals surface area contributed by atoms with E-state index in [1.54, 1.807) is 4.90 Å².